The van der Waals surface area contributed by atoms with Crippen LogP contribution in [0.5, 0.6) is 0 Å². The maximum absolute atomic E-state index is 12.2. The van der Waals surface area contributed by atoms with Gasteiger partial charge in [0.2, 0.25) is 0 Å². The molecule has 0 bridgehead atoms. The molecule has 22 heavy (non-hydrogen) atoms. The molecule has 1 aromatic carbocycles. The fourth-order valence-electron chi connectivity index (χ4n) is 2.00. The average Bonchev–Trinajstić information content (AvgIpc) is 2.55. The first-order chi connectivity index (χ1) is 10.6. The highest BCUT2D eigenvalue weighted by atomic mass is 35.5. The van der Waals surface area contributed by atoms with E-state index >= 15 is 0 Å². The second-order valence-electron chi connectivity index (χ2n) is 5.12. The maximum atomic E-state index is 12.2. The summed E-state index contributed by atoms with van der Waals surface area (Å²) in [5.41, 5.74) is 2.05. The lowest BCUT2D eigenvalue weighted by molar-refractivity contribution is 0.0787. The SMILES string of the molecule is CCCCN(C)C(=O)c1ccc(Nc2ccccc2Cl)cn1. The number of anilines is 2. The molecule has 2 rings (SSSR count). The molecule has 0 radical (unpaired) electrons. The number of amides is 1. The second kappa shape index (κ2) is 7.80. The largest absolute Gasteiger partial charge is 0.353 e. The lowest BCUT2D eigenvalue weighted by Crippen LogP contribution is -2.28. The van der Waals surface area contributed by atoms with Crippen LogP contribution in [0.3, 0.4) is 0 Å². The summed E-state index contributed by atoms with van der Waals surface area (Å²) in [6.07, 6.45) is 3.70. The van der Waals surface area contributed by atoms with Gasteiger partial charge >= 0.3 is 0 Å². The van der Waals surface area contributed by atoms with Crippen LogP contribution in [0.15, 0.2) is 42.6 Å². The van der Waals surface area contributed by atoms with Crippen LogP contribution in [-0.2, 0) is 0 Å². The summed E-state index contributed by atoms with van der Waals surface area (Å²) in [5, 5.41) is 3.82. The quantitative estimate of drug-likeness (QED) is 0.861. The Morgan fingerprint density at radius 2 is 2.05 bits per heavy atom. The molecular weight excluding hydrogens is 298 g/mol. The van der Waals surface area contributed by atoms with Gasteiger partial charge in [0.25, 0.3) is 5.91 Å². The summed E-state index contributed by atoms with van der Waals surface area (Å²) in [5.74, 6) is -0.0576. The number of rotatable bonds is 6. The van der Waals surface area contributed by atoms with Gasteiger partial charge in [0, 0.05) is 13.6 Å². The Balaban J connectivity index is 2.04. The fourth-order valence-corrected chi connectivity index (χ4v) is 2.19. The van der Waals surface area contributed by atoms with E-state index in [1.165, 1.54) is 0 Å². The highest BCUT2D eigenvalue weighted by Gasteiger charge is 2.12. The third kappa shape index (κ3) is 4.21. The standard InChI is InChI=1S/C17H20ClN3O/c1-3-4-11-21(2)17(22)16-10-9-13(12-19-16)20-15-8-6-5-7-14(15)18/h5-10,12,20H,3-4,11H2,1-2H3. The lowest BCUT2D eigenvalue weighted by Gasteiger charge is -2.16. The maximum Gasteiger partial charge on any atom is 0.272 e. The van der Waals surface area contributed by atoms with Crippen LogP contribution in [0.1, 0.15) is 30.3 Å². The number of para-hydroxylation sites is 1. The lowest BCUT2D eigenvalue weighted by atomic mass is 10.2. The van der Waals surface area contributed by atoms with E-state index in [0.717, 1.165) is 30.8 Å². The number of hydrogen-bond donors (Lipinski definition) is 1. The summed E-state index contributed by atoms with van der Waals surface area (Å²) in [7, 11) is 1.80. The molecule has 0 aliphatic heterocycles. The fraction of sp³-hybridized carbons (Fsp3) is 0.294. The summed E-state index contributed by atoms with van der Waals surface area (Å²) < 4.78 is 0. The van der Waals surface area contributed by atoms with Gasteiger partial charge in [-0.2, -0.15) is 0 Å². The number of nitrogens with one attached hydrogen (secondary N) is 1. The molecule has 4 nitrogen and oxygen atoms in total. The molecule has 0 saturated carbocycles. The predicted molar refractivity (Wildman–Crippen MR) is 90.8 cm³/mol. The predicted octanol–water partition coefficient (Wildman–Crippen LogP) is 4.35. The Morgan fingerprint density at radius 1 is 1.27 bits per heavy atom. The molecule has 5 heteroatoms. The molecule has 1 heterocycles. The van der Waals surface area contributed by atoms with Crippen molar-refractivity contribution in [2.24, 2.45) is 0 Å². The number of aromatic nitrogens is 1. The third-order valence-corrected chi connectivity index (χ3v) is 3.66. The Hall–Kier alpha value is -2.07. The van der Waals surface area contributed by atoms with Crippen LogP contribution in [0, 0.1) is 0 Å². The Bertz CT molecular complexity index is 628. The van der Waals surface area contributed by atoms with Crippen LogP contribution in [0.2, 0.25) is 5.02 Å². The topological polar surface area (TPSA) is 45.2 Å². The minimum absolute atomic E-state index is 0.0576. The van der Waals surface area contributed by atoms with Gasteiger partial charge in [0.05, 0.1) is 22.6 Å². The summed E-state index contributed by atoms with van der Waals surface area (Å²) in [6, 6.07) is 11.0. The smallest absolute Gasteiger partial charge is 0.272 e. The van der Waals surface area contributed by atoms with E-state index in [-0.39, 0.29) is 5.91 Å². The van der Waals surface area contributed by atoms with Crippen molar-refractivity contribution in [1.82, 2.24) is 9.88 Å². The number of carbonyl (C=O) groups is 1. The third-order valence-electron chi connectivity index (χ3n) is 3.33. The first-order valence-electron chi connectivity index (χ1n) is 7.35. The molecule has 0 aliphatic carbocycles. The van der Waals surface area contributed by atoms with Crippen molar-refractivity contribution < 1.29 is 4.79 Å². The Kier molecular flexibility index (Phi) is 5.78. The van der Waals surface area contributed by atoms with Gasteiger partial charge in [0.15, 0.2) is 0 Å². The van der Waals surface area contributed by atoms with Gasteiger partial charge in [0.1, 0.15) is 5.69 Å². The van der Waals surface area contributed by atoms with Crippen LogP contribution in [0.25, 0.3) is 0 Å². The number of pyridine rings is 1. The number of nitrogens with zero attached hydrogens (tertiary/aromatic N) is 2. The number of halogens is 1. The van der Waals surface area contributed by atoms with Gasteiger partial charge in [-0.1, -0.05) is 37.1 Å². The first-order valence-corrected chi connectivity index (χ1v) is 7.72. The van der Waals surface area contributed by atoms with E-state index in [9.17, 15) is 4.79 Å². The van der Waals surface area contributed by atoms with Crippen molar-refractivity contribution in [2.75, 3.05) is 18.9 Å². The van der Waals surface area contributed by atoms with Crippen LogP contribution < -0.4 is 5.32 Å². The first kappa shape index (κ1) is 16.3. The van der Waals surface area contributed by atoms with Gasteiger partial charge in [-0.25, -0.2) is 4.98 Å². The van der Waals surface area contributed by atoms with Crippen molar-refractivity contribution in [1.29, 1.82) is 0 Å². The molecular formula is C17H20ClN3O. The average molecular weight is 318 g/mol. The van der Waals surface area contributed by atoms with Gasteiger partial charge in [-0.15, -0.1) is 0 Å². The molecule has 0 atom stereocenters. The van der Waals surface area contributed by atoms with E-state index in [4.69, 9.17) is 11.6 Å². The Labute approximate surface area is 136 Å². The van der Waals surface area contributed by atoms with E-state index in [1.54, 1.807) is 24.2 Å². The molecule has 1 aromatic heterocycles. The number of carbonyl (C=O) groups excluding carboxylic acids is 1. The molecule has 0 unspecified atom stereocenters. The molecule has 0 spiro atoms. The molecule has 0 fully saturated rings. The van der Waals surface area contributed by atoms with E-state index in [1.807, 2.05) is 30.3 Å². The van der Waals surface area contributed by atoms with Crippen molar-refractivity contribution in [2.45, 2.75) is 19.8 Å². The molecule has 1 N–H and O–H groups in total. The van der Waals surface area contributed by atoms with E-state index in [0.29, 0.717) is 10.7 Å². The summed E-state index contributed by atoms with van der Waals surface area (Å²) in [6.45, 7) is 2.85. The van der Waals surface area contributed by atoms with E-state index in [2.05, 4.69) is 17.2 Å². The van der Waals surface area contributed by atoms with Crippen LogP contribution >= 0.6 is 11.6 Å². The minimum Gasteiger partial charge on any atom is -0.353 e. The monoisotopic (exact) mass is 317 g/mol. The van der Waals surface area contributed by atoms with Crippen molar-refractivity contribution >= 4 is 28.9 Å². The van der Waals surface area contributed by atoms with Gasteiger partial charge in [-0.05, 0) is 30.7 Å². The number of unbranched alkanes of at least 4 members (excludes halogenated alkanes) is 1. The van der Waals surface area contributed by atoms with Crippen molar-refractivity contribution in [3.63, 3.8) is 0 Å². The number of hydrogen-bond acceptors (Lipinski definition) is 3. The van der Waals surface area contributed by atoms with Crippen molar-refractivity contribution in [3.8, 4) is 0 Å². The highest BCUT2D eigenvalue weighted by Crippen LogP contribution is 2.24. The molecule has 1 amide bonds. The minimum atomic E-state index is -0.0576. The zero-order valence-electron chi connectivity index (χ0n) is 12.8. The summed E-state index contributed by atoms with van der Waals surface area (Å²) in [4.78, 5) is 18.1. The molecule has 0 aliphatic rings. The van der Waals surface area contributed by atoms with Gasteiger partial charge in [-0.3, -0.25) is 4.79 Å². The summed E-state index contributed by atoms with van der Waals surface area (Å²) >= 11 is 6.10. The zero-order valence-corrected chi connectivity index (χ0v) is 13.6. The van der Waals surface area contributed by atoms with Crippen molar-refractivity contribution in [3.05, 3.63) is 53.3 Å². The van der Waals surface area contributed by atoms with Crippen LogP contribution in [-0.4, -0.2) is 29.4 Å². The molecule has 0 saturated heterocycles. The van der Waals surface area contributed by atoms with E-state index < -0.39 is 0 Å². The highest BCUT2D eigenvalue weighted by molar-refractivity contribution is 6.33. The van der Waals surface area contributed by atoms with Gasteiger partial charge < -0.3 is 10.2 Å². The molecule has 2 aromatic rings. The Morgan fingerprint density at radius 3 is 2.68 bits per heavy atom. The number of benzene rings is 1. The zero-order chi connectivity index (χ0) is 15.9. The normalized spacial score (nSPS) is 10.3. The molecule has 116 valence electrons. The van der Waals surface area contributed by atoms with Crippen LogP contribution in [0.4, 0.5) is 11.4 Å². The second-order valence-corrected chi connectivity index (χ2v) is 5.52.